The van der Waals surface area contributed by atoms with Crippen molar-refractivity contribution in [3.63, 3.8) is 0 Å². The van der Waals surface area contributed by atoms with Crippen LogP contribution in [0.25, 0.3) is 0 Å². The first-order valence-electron chi connectivity index (χ1n) is 36.2. The summed E-state index contributed by atoms with van der Waals surface area (Å²) in [6, 6.07) is -4.24. The molecule has 0 spiro atoms. The second kappa shape index (κ2) is 48.4. The van der Waals surface area contributed by atoms with Crippen LogP contribution in [0.15, 0.2) is 0 Å². The summed E-state index contributed by atoms with van der Waals surface area (Å²) in [6.07, 6.45) is -48.7. The van der Waals surface area contributed by atoms with Crippen LogP contribution in [0.1, 0.15) is 105 Å². The van der Waals surface area contributed by atoms with E-state index in [1.807, 2.05) is 0 Å². The van der Waals surface area contributed by atoms with Gasteiger partial charge in [0.25, 0.3) is 0 Å². The molecule has 0 bridgehead atoms. The molecule has 46 nitrogen and oxygen atoms in total. The Morgan fingerprint density at radius 2 is 0.772 bits per heavy atom. The predicted molar refractivity (Wildman–Crippen MR) is 368 cm³/mol. The summed E-state index contributed by atoms with van der Waals surface area (Å²) in [7, 11) is 1.16. The number of thioether (sulfide) groups is 1. The highest BCUT2D eigenvalue weighted by molar-refractivity contribution is 7.99. The van der Waals surface area contributed by atoms with Crippen LogP contribution < -0.4 is 16.0 Å². The number of unbranched alkanes of at least 4 members (excludes halogenated alkanes) is 1. The highest BCUT2D eigenvalue weighted by atomic mass is 32.2. The van der Waals surface area contributed by atoms with Gasteiger partial charge in [0.15, 0.2) is 37.2 Å². The number of hydrogen-bond acceptors (Lipinski definition) is 42. The van der Waals surface area contributed by atoms with Gasteiger partial charge in [0.1, 0.15) is 131 Å². The lowest BCUT2D eigenvalue weighted by molar-refractivity contribution is -0.461. The summed E-state index contributed by atoms with van der Waals surface area (Å²) in [5.41, 5.74) is 0. The van der Waals surface area contributed by atoms with E-state index in [2.05, 4.69) is 28.6 Å². The van der Waals surface area contributed by atoms with Gasteiger partial charge in [-0.2, -0.15) is 24.4 Å². The van der Waals surface area contributed by atoms with Crippen LogP contribution >= 0.6 is 24.4 Å². The average molecular weight is 1690 g/mol. The highest BCUT2D eigenvalue weighted by Gasteiger charge is 2.57. The zero-order valence-corrected chi connectivity index (χ0v) is 64.4. The highest BCUT2D eigenvalue weighted by Crippen LogP contribution is 2.37. The maximum Gasteiger partial charge on any atom is 0.335 e. The molecule has 0 saturated carbocycles. The van der Waals surface area contributed by atoms with E-state index in [0.29, 0.717) is 5.75 Å². The second-order valence-electron chi connectivity index (χ2n) is 26.5. The van der Waals surface area contributed by atoms with E-state index in [1.54, 1.807) is 11.8 Å². The van der Waals surface area contributed by atoms with Gasteiger partial charge in [0.05, 0.1) is 70.1 Å². The van der Waals surface area contributed by atoms with Gasteiger partial charge in [-0.3, -0.25) is 43.2 Å². The van der Waals surface area contributed by atoms with Crippen molar-refractivity contribution in [1.29, 1.82) is 0 Å². The molecule has 6 heterocycles. The Morgan fingerprint density at radius 3 is 1.13 bits per heavy atom. The molecule has 6 aliphatic heterocycles. The lowest BCUT2D eigenvalue weighted by Crippen LogP contribution is -2.65. The number of rotatable bonds is 45. The summed E-state index contributed by atoms with van der Waals surface area (Å²) < 4.78 is 83.3. The van der Waals surface area contributed by atoms with Crippen LogP contribution in [0.2, 0.25) is 0 Å². The Kier molecular flexibility index (Phi) is 40.9. The molecule has 6 rings (SSSR count). The number of amides is 3. The minimum atomic E-state index is -2.46. The van der Waals surface area contributed by atoms with Gasteiger partial charge in [0, 0.05) is 52.2 Å². The number of aliphatic hydroxyl groups excluding tert-OH is 7. The molecular formula is C66H101N3O43S2. The van der Waals surface area contributed by atoms with Crippen molar-refractivity contribution in [3.05, 3.63) is 0 Å². The number of carbonyl (C=O) groups is 12. The molecule has 15 unspecified atom stereocenters. The Hall–Kier alpha value is -6.54. The molecule has 0 radical (unpaired) electrons. The number of aliphatic carboxylic acids is 3. The number of esters is 6. The first-order valence-corrected chi connectivity index (χ1v) is 38.0. The molecule has 3 amide bonds. The van der Waals surface area contributed by atoms with Gasteiger partial charge in [0.2, 0.25) is 30.3 Å². The minimum absolute atomic E-state index is 0.0353. The number of ether oxygens (including phenoxy) is 15. The first-order chi connectivity index (χ1) is 54.2. The molecule has 0 aliphatic carbocycles. The number of carbonyl (C=O) groups excluding carboxylic acids is 9. The number of hydrogen-bond donors (Lipinski definition) is 14. The lowest BCUT2D eigenvalue weighted by atomic mass is 9.94. The van der Waals surface area contributed by atoms with E-state index < -0.39 is 295 Å². The van der Waals surface area contributed by atoms with Gasteiger partial charge in [-0.25, -0.2) is 43.7 Å². The van der Waals surface area contributed by atoms with Crippen molar-refractivity contribution in [2.24, 2.45) is 0 Å². The third kappa shape index (κ3) is 29.8. The minimum Gasteiger partial charge on any atom is -0.479 e. The van der Waals surface area contributed by atoms with Crippen molar-refractivity contribution in [2.45, 2.75) is 271 Å². The Bertz CT molecular complexity index is 3130. The quantitative estimate of drug-likeness (QED) is 0.00675. The number of aliphatic hydroxyl groups is 7. The van der Waals surface area contributed by atoms with Gasteiger partial charge in [-0.15, -0.1) is 0 Å². The summed E-state index contributed by atoms with van der Waals surface area (Å²) >= 11 is 5.73. The maximum atomic E-state index is 13.3. The SMILES string of the molecule is CCC(=O)OCCOC(=O)CCC(=O)OCC1O[C@@H](O[C@H]2C(C(=O)O)OC(OO[C@H]3CC(NC(C)=O)[C@H](O[C@H]4C(C(=O)O)OC(C)C(O)C4O)O[C@H]3COC(=O)CCC(=O)OCCOC(=O)CCSCCCCS)C(O)C2O)[C@@H](NC(C)=O)C[C@@H]1OOC1OC(C(=O)O)[C@H](O[C@@H]2OC(CO)[C@@H](OOC)C[C@@H]2NC(C)=O)C(O)C1O. The number of thiol groups is 1. The smallest absolute Gasteiger partial charge is 0.335 e. The fourth-order valence-electron chi connectivity index (χ4n) is 12.1. The van der Waals surface area contributed by atoms with E-state index in [0.717, 1.165) is 52.2 Å². The van der Waals surface area contributed by atoms with E-state index in [9.17, 15) is 109 Å². The third-order valence-electron chi connectivity index (χ3n) is 17.8. The fourth-order valence-corrected chi connectivity index (χ4v) is 13.2. The molecule has 48 heteroatoms. The summed E-state index contributed by atoms with van der Waals surface area (Å²) in [4.78, 5) is 184. The monoisotopic (exact) mass is 1690 g/mol. The molecule has 0 aromatic rings. The molecular weight excluding hydrogens is 1590 g/mol. The van der Waals surface area contributed by atoms with E-state index in [4.69, 9.17) is 100 Å². The molecule has 0 aromatic carbocycles. The van der Waals surface area contributed by atoms with Crippen molar-refractivity contribution >= 4 is 95.8 Å². The standard InChI is InChI=1S/C66H101N3O43S2/c1-7-41(74)93-15-16-94-42(75)10-12-44(77)98-27-40-37(110-111-65-51(84)49(82)54(57(106-65)60(88)89)104-62-32(67-29(3)71)22-35(108-92-6)38(25-70)100-62)24-34(69-31(5)73)64(102-40)105-55-50(83)52(85)66(107-58(55)61(90)91)112-109-36-23-33(68-30(4)72)63(103-53-48(81)47(80)28(2)99-56(53)59(86)87)101-39(36)26-97-45(78)13-11-43(76)95-17-18-96-46(79)14-21-114-20-9-8-19-113/h28,32-40,47-58,62-66,70,80-85,113H,7-27H2,1-6H3,(H,67,71)(H,68,72)(H,69,73)(H,86,87)(H,88,89)(H,90,91)/t28?,32-,33?,34-,35-,36-,37-,38?,39-,40?,47?,48?,49?,50?,51?,52?,53+,54+,55+,56?,57?,58?,62-,63-,64-,65?,66?/m0/s1. The van der Waals surface area contributed by atoms with Gasteiger partial charge >= 0.3 is 53.7 Å². The molecule has 6 aliphatic rings. The van der Waals surface area contributed by atoms with Gasteiger partial charge < -0.3 is 138 Å². The van der Waals surface area contributed by atoms with Crippen molar-refractivity contribution in [3.8, 4) is 0 Å². The topological polar surface area (TPSA) is 637 Å². The molecule has 13 N–H and O–H groups in total. The van der Waals surface area contributed by atoms with Crippen LogP contribution in [-0.4, -0.2) is 359 Å². The number of carboxylic acids is 3. The van der Waals surface area contributed by atoms with Crippen LogP contribution in [0.3, 0.4) is 0 Å². The van der Waals surface area contributed by atoms with Crippen molar-refractivity contribution < 1.29 is 209 Å². The molecule has 0 aromatic heterocycles. The largest absolute Gasteiger partial charge is 0.479 e. The molecule has 114 heavy (non-hydrogen) atoms. The third-order valence-corrected chi connectivity index (χ3v) is 19.2. The zero-order valence-electron chi connectivity index (χ0n) is 62.7. The normalized spacial score (nSPS) is 33.6. The second-order valence-corrected chi connectivity index (χ2v) is 28.1. The fraction of sp³-hybridized carbons (Fsp3) is 0.818. The summed E-state index contributed by atoms with van der Waals surface area (Å²) in [6.45, 7) is 2.05. The molecule has 27 atom stereocenters. The average Bonchev–Trinajstić information content (AvgIpc) is 0.785. The van der Waals surface area contributed by atoms with E-state index in [1.165, 1.54) is 13.8 Å². The van der Waals surface area contributed by atoms with Gasteiger partial charge in [-0.1, -0.05) is 6.92 Å². The van der Waals surface area contributed by atoms with Crippen molar-refractivity contribution in [2.75, 3.05) is 70.6 Å². The van der Waals surface area contributed by atoms with Crippen LogP contribution in [0.4, 0.5) is 0 Å². The van der Waals surface area contributed by atoms with Crippen LogP contribution in [0.5, 0.6) is 0 Å². The Labute approximate surface area is 659 Å². The van der Waals surface area contributed by atoms with Gasteiger partial charge in [-0.05, 0) is 31.3 Å². The van der Waals surface area contributed by atoms with E-state index in [-0.39, 0.29) is 45.7 Å². The van der Waals surface area contributed by atoms with Crippen LogP contribution in [-0.2, 0) is 158 Å². The Balaban J connectivity index is 1.20. The molecule has 650 valence electrons. The van der Waals surface area contributed by atoms with E-state index >= 15 is 0 Å². The Morgan fingerprint density at radius 1 is 0.421 bits per heavy atom. The zero-order chi connectivity index (χ0) is 84.0. The number of carboxylic acid groups (broad SMARTS) is 3. The maximum absolute atomic E-state index is 13.3. The molecule has 6 saturated heterocycles. The van der Waals surface area contributed by atoms with Crippen molar-refractivity contribution in [1.82, 2.24) is 16.0 Å². The summed E-state index contributed by atoms with van der Waals surface area (Å²) in [5, 5.41) is 117. The first kappa shape index (κ1) is 96.3. The lowest BCUT2D eigenvalue weighted by Gasteiger charge is -2.46. The molecule has 6 fully saturated rings. The number of nitrogens with one attached hydrogen (secondary N) is 3. The van der Waals surface area contributed by atoms with Crippen LogP contribution in [0, 0.1) is 0 Å². The summed E-state index contributed by atoms with van der Waals surface area (Å²) in [5.74, 6) is -10.8. The predicted octanol–water partition coefficient (Wildman–Crippen LogP) is -5.71.